The van der Waals surface area contributed by atoms with Crippen molar-refractivity contribution in [2.75, 3.05) is 6.54 Å². The van der Waals surface area contributed by atoms with Crippen LogP contribution in [0, 0.1) is 29.6 Å². The average Bonchev–Trinajstić information content (AvgIpc) is 2.64. The van der Waals surface area contributed by atoms with E-state index in [-0.39, 0.29) is 5.91 Å². The fourth-order valence-electron chi connectivity index (χ4n) is 3.97. The van der Waals surface area contributed by atoms with Crippen LogP contribution in [0.4, 0.5) is 0 Å². The molecule has 3 saturated carbocycles. The minimum Gasteiger partial charge on any atom is -0.392 e. The van der Waals surface area contributed by atoms with Gasteiger partial charge in [-0.1, -0.05) is 12.2 Å². The fourth-order valence-corrected chi connectivity index (χ4v) is 4.04. The van der Waals surface area contributed by atoms with E-state index in [1.54, 1.807) is 0 Å². The predicted octanol–water partition coefficient (Wildman–Crippen LogP) is 0.681. The number of fused-ring (bicyclic) bond motifs is 5. The molecule has 4 unspecified atom stereocenters. The molecule has 4 heteroatoms. The van der Waals surface area contributed by atoms with Crippen molar-refractivity contribution >= 4 is 23.1 Å². The molecule has 1 amide bonds. The molecule has 15 heavy (non-hydrogen) atoms. The number of nitrogens with two attached hydrogens (primary N) is 1. The van der Waals surface area contributed by atoms with E-state index in [1.807, 2.05) is 0 Å². The Bertz CT molecular complexity index is 315. The first-order valence-electron chi connectivity index (χ1n) is 5.74. The van der Waals surface area contributed by atoms with E-state index in [0.29, 0.717) is 29.3 Å². The molecule has 4 atom stereocenters. The van der Waals surface area contributed by atoms with Gasteiger partial charge < -0.3 is 11.1 Å². The van der Waals surface area contributed by atoms with Gasteiger partial charge in [-0.2, -0.15) is 0 Å². The van der Waals surface area contributed by atoms with Crippen LogP contribution in [0.15, 0.2) is 0 Å². The number of hydrogen-bond donors (Lipinski definition) is 2. The lowest BCUT2D eigenvalue weighted by Gasteiger charge is -2.08. The van der Waals surface area contributed by atoms with E-state index in [9.17, 15) is 4.79 Å². The van der Waals surface area contributed by atoms with Crippen LogP contribution in [0.25, 0.3) is 0 Å². The molecule has 82 valence electrons. The van der Waals surface area contributed by atoms with E-state index in [0.717, 1.165) is 11.8 Å². The van der Waals surface area contributed by atoms with Gasteiger partial charge in [0.15, 0.2) is 0 Å². The van der Waals surface area contributed by atoms with Crippen molar-refractivity contribution in [2.45, 2.75) is 19.3 Å². The molecule has 3 rings (SSSR count). The number of carbonyl (C=O) groups is 1. The summed E-state index contributed by atoms with van der Waals surface area (Å²) in [5.41, 5.74) is 5.36. The van der Waals surface area contributed by atoms with Crippen LogP contribution in [-0.2, 0) is 4.79 Å². The number of carbonyl (C=O) groups excluding carboxylic acids is 1. The Morgan fingerprint density at radius 1 is 1.33 bits per heavy atom. The van der Waals surface area contributed by atoms with Crippen LogP contribution in [-0.4, -0.2) is 17.4 Å². The Morgan fingerprint density at radius 3 is 2.47 bits per heavy atom. The zero-order chi connectivity index (χ0) is 10.6. The lowest BCUT2D eigenvalue weighted by Crippen LogP contribution is -2.34. The maximum absolute atomic E-state index is 11.8. The second kappa shape index (κ2) is 3.17. The molecule has 0 aromatic heterocycles. The van der Waals surface area contributed by atoms with E-state index < -0.39 is 0 Å². The van der Waals surface area contributed by atoms with Gasteiger partial charge in [0.05, 0.1) is 11.5 Å². The molecule has 3 aliphatic carbocycles. The number of rotatable bonds is 3. The highest BCUT2D eigenvalue weighted by atomic mass is 32.1. The summed E-state index contributed by atoms with van der Waals surface area (Å²) >= 11 is 4.74. The number of nitrogens with one attached hydrogen (secondary N) is 1. The maximum atomic E-state index is 11.8. The van der Waals surface area contributed by atoms with Gasteiger partial charge in [0, 0.05) is 5.92 Å². The van der Waals surface area contributed by atoms with Crippen molar-refractivity contribution < 1.29 is 4.79 Å². The first-order chi connectivity index (χ1) is 7.18. The molecule has 3 nitrogen and oxygen atoms in total. The largest absolute Gasteiger partial charge is 0.392 e. The molecule has 2 bridgehead atoms. The van der Waals surface area contributed by atoms with Gasteiger partial charge >= 0.3 is 0 Å². The Balaban J connectivity index is 1.58. The second-order valence-electron chi connectivity index (χ2n) is 5.20. The van der Waals surface area contributed by atoms with Crippen LogP contribution >= 0.6 is 12.2 Å². The molecule has 0 heterocycles. The lowest BCUT2D eigenvalue weighted by molar-refractivity contribution is -0.123. The first kappa shape index (κ1) is 9.58. The molecule has 0 aromatic carbocycles. The van der Waals surface area contributed by atoms with Crippen LogP contribution in [0.3, 0.4) is 0 Å². The molecular formula is C11H16N2OS. The van der Waals surface area contributed by atoms with E-state index >= 15 is 0 Å². The lowest BCUT2D eigenvalue weighted by atomic mass is 10.0. The number of hydrogen-bond acceptors (Lipinski definition) is 2. The van der Waals surface area contributed by atoms with Crippen LogP contribution in [0.1, 0.15) is 19.3 Å². The minimum absolute atomic E-state index is 0.189. The van der Waals surface area contributed by atoms with Gasteiger partial charge in [-0.25, -0.2) is 0 Å². The second-order valence-corrected chi connectivity index (χ2v) is 5.72. The summed E-state index contributed by atoms with van der Waals surface area (Å²) in [4.78, 5) is 12.2. The summed E-state index contributed by atoms with van der Waals surface area (Å²) in [7, 11) is 0. The topological polar surface area (TPSA) is 55.1 Å². The first-order valence-corrected chi connectivity index (χ1v) is 6.15. The standard InChI is InChI=1S/C11H16N2OS/c12-7(15)4-13-11(14)10-8-5-1-2-6(3-5)9(8)10/h5-6,8-10H,1-4H2,(H2,12,15)(H,13,14). The average molecular weight is 224 g/mol. The number of thiocarbonyl (C=S) groups is 1. The third-order valence-electron chi connectivity index (χ3n) is 4.47. The van der Waals surface area contributed by atoms with Gasteiger partial charge in [0.2, 0.25) is 5.91 Å². The quantitative estimate of drug-likeness (QED) is 0.693. The van der Waals surface area contributed by atoms with Gasteiger partial charge in [0.1, 0.15) is 0 Å². The zero-order valence-corrected chi connectivity index (χ0v) is 9.43. The van der Waals surface area contributed by atoms with Crippen LogP contribution in [0.2, 0.25) is 0 Å². The molecule has 0 aliphatic heterocycles. The smallest absolute Gasteiger partial charge is 0.224 e. The van der Waals surface area contributed by atoms with Crippen molar-refractivity contribution in [3.63, 3.8) is 0 Å². The predicted molar refractivity (Wildman–Crippen MR) is 61.1 cm³/mol. The summed E-state index contributed by atoms with van der Waals surface area (Å²) in [5, 5.41) is 2.84. The highest BCUT2D eigenvalue weighted by Gasteiger charge is 2.67. The van der Waals surface area contributed by atoms with Gasteiger partial charge in [-0.3, -0.25) is 4.79 Å². The van der Waals surface area contributed by atoms with Crippen LogP contribution in [0.5, 0.6) is 0 Å². The molecule has 0 saturated heterocycles. The molecule has 0 aromatic rings. The van der Waals surface area contributed by atoms with Gasteiger partial charge in [0.25, 0.3) is 0 Å². The third kappa shape index (κ3) is 1.38. The van der Waals surface area contributed by atoms with Crippen molar-refractivity contribution in [1.82, 2.24) is 5.32 Å². The third-order valence-corrected chi connectivity index (χ3v) is 4.62. The monoisotopic (exact) mass is 224 g/mol. The summed E-state index contributed by atoms with van der Waals surface area (Å²) in [6.45, 7) is 0.361. The van der Waals surface area contributed by atoms with E-state index in [1.165, 1.54) is 19.3 Å². The van der Waals surface area contributed by atoms with E-state index in [2.05, 4.69) is 5.32 Å². The summed E-state index contributed by atoms with van der Waals surface area (Å²) < 4.78 is 0. The van der Waals surface area contributed by atoms with Crippen molar-refractivity contribution in [3.05, 3.63) is 0 Å². The Kier molecular flexibility index (Phi) is 2.03. The Morgan fingerprint density at radius 2 is 1.93 bits per heavy atom. The van der Waals surface area contributed by atoms with E-state index in [4.69, 9.17) is 18.0 Å². The van der Waals surface area contributed by atoms with Crippen molar-refractivity contribution in [2.24, 2.45) is 35.3 Å². The highest BCUT2D eigenvalue weighted by molar-refractivity contribution is 7.80. The Labute approximate surface area is 94.8 Å². The van der Waals surface area contributed by atoms with Crippen molar-refractivity contribution in [1.29, 1.82) is 0 Å². The molecule has 3 N–H and O–H groups in total. The van der Waals surface area contributed by atoms with Crippen molar-refractivity contribution in [3.8, 4) is 0 Å². The fraction of sp³-hybridized carbons (Fsp3) is 0.818. The zero-order valence-electron chi connectivity index (χ0n) is 8.61. The summed E-state index contributed by atoms with van der Waals surface area (Å²) in [5.74, 6) is 3.59. The summed E-state index contributed by atoms with van der Waals surface area (Å²) in [6.07, 6.45) is 4.09. The maximum Gasteiger partial charge on any atom is 0.224 e. The van der Waals surface area contributed by atoms with Crippen LogP contribution < -0.4 is 11.1 Å². The molecule has 3 aliphatic rings. The highest BCUT2D eigenvalue weighted by Crippen LogP contribution is 2.69. The molecule has 0 radical (unpaired) electrons. The molecular weight excluding hydrogens is 208 g/mol. The normalized spacial score (nSPS) is 44.9. The van der Waals surface area contributed by atoms with Gasteiger partial charge in [-0.05, 0) is 42.9 Å². The Hall–Kier alpha value is -0.640. The number of amides is 1. The van der Waals surface area contributed by atoms with Gasteiger partial charge in [-0.15, -0.1) is 0 Å². The molecule has 3 fully saturated rings. The summed E-state index contributed by atoms with van der Waals surface area (Å²) in [6, 6.07) is 0. The molecule has 0 spiro atoms. The minimum atomic E-state index is 0.189. The SMILES string of the molecule is NC(=S)CNC(=O)C1C2C3CCC(C3)C12.